The lowest BCUT2D eigenvalue weighted by molar-refractivity contribution is -0.129. The van der Waals surface area contributed by atoms with Gasteiger partial charge in [-0.25, -0.2) is 4.79 Å². The Morgan fingerprint density at radius 1 is 0.968 bits per heavy atom. The maximum absolute atomic E-state index is 12.1. The van der Waals surface area contributed by atoms with Crippen LogP contribution in [0.3, 0.4) is 0 Å². The second-order valence-corrected chi connectivity index (χ2v) is 7.26. The Kier molecular flexibility index (Phi) is 5.78. The normalized spacial score (nSPS) is 11.9. The summed E-state index contributed by atoms with van der Waals surface area (Å²) < 4.78 is 17.0. The number of esters is 1. The molecule has 3 aromatic rings. The molecule has 0 atom stereocenters. The van der Waals surface area contributed by atoms with Crippen LogP contribution in [0.4, 0.5) is 0 Å². The number of carbonyl (C=O) groups is 1. The van der Waals surface area contributed by atoms with Gasteiger partial charge in [0, 0.05) is 18.2 Å². The Morgan fingerprint density at radius 3 is 2.35 bits per heavy atom. The topological polar surface area (TPSA) is 70.8 Å². The number of hydrogen-bond donors (Lipinski definition) is 1. The van der Waals surface area contributed by atoms with Crippen LogP contribution >= 0.6 is 0 Å². The summed E-state index contributed by atoms with van der Waals surface area (Å²) in [6.07, 6.45) is 3.80. The van der Waals surface area contributed by atoms with Crippen LogP contribution in [0.25, 0.3) is 22.3 Å². The van der Waals surface area contributed by atoms with E-state index in [2.05, 4.69) is 36.4 Å². The summed E-state index contributed by atoms with van der Waals surface area (Å²) in [4.78, 5) is 12.1. The first-order chi connectivity index (χ1) is 15.1. The number of ether oxygens (including phenoxy) is 3. The number of methoxy groups -OCH3 is 2. The molecule has 3 aromatic carbocycles. The molecule has 0 radical (unpaired) electrons. The van der Waals surface area contributed by atoms with Gasteiger partial charge in [0.05, 0.1) is 19.8 Å². The van der Waals surface area contributed by atoms with E-state index in [4.69, 9.17) is 19.9 Å². The van der Waals surface area contributed by atoms with Crippen LogP contribution in [0.1, 0.15) is 23.6 Å². The molecular formula is C26H25NO4. The number of nitrogens with two attached hydrogens (primary N) is 1. The molecule has 0 saturated carbocycles. The fourth-order valence-corrected chi connectivity index (χ4v) is 4.24. The molecule has 158 valence electrons. The molecule has 1 aliphatic rings. The highest BCUT2D eigenvalue weighted by atomic mass is 16.6. The zero-order valence-corrected chi connectivity index (χ0v) is 17.9. The second-order valence-electron chi connectivity index (χ2n) is 7.26. The van der Waals surface area contributed by atoms with Crippen molar-refractivity contribution >= 4 is 5.97 Å². The van der Waals surface area contributed by atoms with Crippen molar-refractivity contribution in [2.24, 2.45) is 5.73 Å². The lowest BCUT2D eigenvalue weighted by atomic mass is 9.93. The first-order valence-corrected chi connectivity index (χ1v) is 10.2. The zero-order chi connectivity index (χ0) is 22.0. The third kappa shape index (κ3) is 3.57. The van der Waals surface area contributed by atoms with Gasteiger partial charge in [0.15, 0.2) is 11.5 Å². The summed E-state index contributed by atoms with van der Waals surface area (Å²) in [6.45, 7) is 1.88. The predicted molar refractivity (Wildman–Crippen MR) is 122 cm³/mol. The number of carbonyl (C=O) groups excluding carboxylic acids is 1. The average Bonchev–Trinajstić information content (AvgIpc) is 3.17. The standard InChI is InChI=1S/C26H25NO4/c1-4-8-24(28)31-26-22(15-27)25(30-3)21(14-23(26)29-2)19-12-7-11-18-17-10-6-5-9-16(17)13-20(18)19/h4-12,14H,13,15,27H2,1-3H3. The smallest absolute Gasteiger partial charge is 0.335 e. The van der Waals surface area contributed by atoms with E-state index >= 15 is 0 Å². The second kappa shape index (κ2) is 8.66. The maximum Gasteiger partial charge on any atom is 0.335 e. The largest absolute Gasteiger partial charge is 0.496 e. The molecule has 0 amide bonds. The fourth-order valence-electron chi connectivity index (χ4n) is 4.24. The van der Waals surface area contributed by atoms with Crippen LogP contribution in [-0.4, -0.2) is 20.2 Å². The number of allylic oxidation sites excluding steroid dienone is 1. The van der Waals surface area contributed by atoms with Crippen molar-refractivity contribution < 1.29 is 19.0 Å². The van der Waals surface area contributed by atoms with Gasteiger partial charge in [-0.15, -0.1) is 0 Å². The first-order valence-electron chi connectivity index (χ1n) is 10.2. The SMILES string of the molecule is CC=CC(=O)Oc1c(OC)cc(-c2cccc3c2Cc2ccccc2-3)c(OC)c1CN. The quantitative estimate of drug-likeness (QED) is 0.276. The molecule has 5 nitrogen and oxygen atoms in total. The summed E-state index contributed by atoms with van der Waals surface area (Å²) >= 11 is 0. The van der Waals surface area contributed by atoms with Crippen molar-refractivity contribution in [3.05, 3.63) is 77.4 Å². The Hall–Kier alpha value is -3.57. The highest BCUT2D eigenvalue weighted by molar-refractivity contribution is 5.89. The molecule has 0 aliphatic heterocycles. The molecule has 1 aliphatic carbocycles. The molecule has 4 rings (SSSR count). The fraction of sp³-hybridized carbons (Fsp3) is 0.192. The van der Waals surface area contributed by atoms with Crippen molar-refractivity contribution in [3.8, 4) is 39.5 Å². The Morgan fingerprint density at radius 2 is 1.68 bits per heavy atom. The molecule has 0 saturated heterocycles. The highest BCUT2D eigenvalue weighted by Gasteiger charge is 2.27. The van der Waals surface area contributed by atoms with Gasteiger partial charge in [-0.1, -0.05) is 48.5 Å². The lowest BCUT2D eigenvalue weighted by Gasteiger charge is -2.20. The number of fused-ring (bicyclic) bond motifs is 3. The third-order valence-corrected chi connectivity index (χ3v) is 5.57. The third-order valence-electron chi connectivity index (χ3n) is 5.57. The van der Waals surface area contributed by atoms with Crippen molar-refractivity contribution in [2.45, 2.75) is 19.9 Å². The molecule has 0 fully saturated rings. The van der Waals surface area contributed by atoms with Crippen LogP contribution in [0.5, 0.6) is 17.2 Å². The number of hydrogen-bond acceptors (Lipinski definition) is 5. The van der Waals surface area contributed by atoms with E-state index in [0.717, 1.165) is 17.5 Å². The van der Waals surface area contributed by atoms with E-state index in [-0.39, 0.29) is 12.3 Å². The van der Waals surface area contributed by atoms with Crippen LogP contribution in [0.15, 0.2) is 60.7 Å². The van der Waals surface area contributed by atoms with Crippen molar-refractivity contribution in [1.82, 2.24) is 0 Å². The molecule has 0 heterocycles. The first kappa shape index (κ1) is 20.7. The highest BCUT2D eigenvalue weighted by Crippen LogP contribution is 2.48. The van der Waals surface area contributed by atoms with Gasteiger partial charge in [0.1, 0.15) is 5.75 Å². The van der Waals surface area contributed by atoms with Gasteiger partial charge >= 0.3 is 5.97 Å². The maximum atomic E-state index is 12.1. The lowest BCUT2D eigenvalue weighted by Crippen LogP contribution is -2.11. The van der Waals surface area contributed by atoms with Gasteiger partial charge in [0.2, 0.25) is 0 Å². The van der Waals surface area contributed by atoms with E-state index in [0.29, 0.717) is 17.1 Å². The van der Waals surface area contributed by atoms with Crippen LogP contribution < -0.4 is 19.9 Å². The summed E-state index contributed by atoms with van der Waals surface area (Å²) in [7, 11) is 3.14. The van der Waals surface area contributed by atoms with Crippen LogP contribution in [0, 0.1) is 0 Å². The summed E-state index contributed by atoms with van der Waals surface area (Å²) in [5, 5.41) is 0. The minimum Gasteiger partial charge on any atom is -0.496 e. The summed E-state index contributed by atoms with van der Waals surface area (Å²) in [5.74, 6) is 0.795. The number of benzene rings is 3. The van der Waals surface area contributed by atoms with E-state index < -0.39 is 5.97 Å². The minimum atomic E-state index is -0.499. The predicted octanol–water partition coefficient (Wildman–Crippen LogP) is 4.88. The van der Waals surface area contributed by atoms with Gasteiger partial charge < -0.3 is 19.9 Å². The number of rotatable bonds is 6. The van der Waals surface area contributed by atoms with Crippen molar-refractivity contribution in [3.63, 3.8) is 0 Å². The van der Waals surface area contributed by atoms with Gasteiger partial charge in [-0.3, -0.25) is 0 Å². The van der Waals surface area contributed by atoms with Gasteiger partial charge in [0.25, 0.3) is 0 Å². The van der Waals surface area contributed by atoms with Crippen LogP contribution in [-0.2, 0) is 17.8 Å². The molecule has 0 bridgehead atoms. The minimum absolute atomic E-state index is 0.126. The molecular weight excluding hydrogens is 390 g/mol. The van der Waals surface area contributed by atoms with Gasteiger partial charge in [-0.2, -0.15) is 0 Å². The van der Waals surface area contributed by atoms with Crippen molar-refractivity contribution in [2.75, 3.05) is 14.2 Å². The van der Waals surface area contributed by atoms with E-state index in [9.17, 15) is 4.79 Å². The molecule has 2 N–H and O–H groups in total. The Labute approximate surface area is 182 Å². The Bertz CT molecular complexity index is 1180. The monoisotopic (exact) mass is 415 g/mol. The van der Waals surface area contributed by atoms with Crippen LogP contribution in [0.2, 0.25) is 0 Å². The summed E-state index contributed by atoms with van der Waals surface area (Å²) in [6, 6.07) is 16.6. The van der Waals surface area contributed by atoms with E-state index in [1.165, 1.54) is 28.3 Å². The molecule has 0 spiro atoms. The molecule has 5 heteroatoms. The Balaban J connectivity index is 1.92. The molecule has 31 heavy (non-hydrogen) atoms. The van der Waals surface area contributed by atoms with Crippen molar-refractivity contribution in [1.29, 1.82) is 0 Å². The van der Waals surface area contributed by atoms with Gasteiger partial charge in [-0.05, 0) is 47.2 Å². The average molecular weight is 415 g/mol. The summed E-state index contributed by atoms with van der Waals surface area (Å²) in [5.41, 5.74) is 13.6. The van der Waals surface area contributed by atoms with E-state index in [1.807, 2.05) is 12.1 Å². The zero-order valence-electron chi connectivity index (χ0n) is 17.9. The molecule has 0 aromatic heterocycles. The van der Waals surface area contributed by atoms with E-state index in [1.54, 1.807) is 27.2 Å². The molecule has 0 unspecified atom stereocenters.